The third-order valence-electron chi connectivity index (χ3n) is 4.02. The topological polar surface area (TPSA) is 78.9 Å². The van der Waals surface area contributed by atoms with Crippen molar-refractivity contribution in [3.63, 3.8) is 0 Å². The largest absolute Gasteiger partial charge is 0.441 e. The van der Waals surface area contributed by atoms with Crippen LogP contribution in [0.2, 0.25) is 0 Å². The second-order valence-corrected chi connectivity index (χ2v) is 6.04. The van der Waals surface area contributed by atoms with Crippen LogP contribution in [0.5, 0.6) is 0 Å². The normalized spacial score (nSPS) is 11.7. The predicted octanol–water partition coefficient (Wildman–Crippen LogP) is 4.21. The number of benzene rings is 2. The fourth-order valence-electron chi connectivity index (χ4n) is 2.61. The van der Waals surface area contributed by atoms with Gasteiger partial charge in [0.25, 0.3) is 0 Å². The molecule has 5 nitrogen and oxygen atoms in total. The molecule has 0 bridgehead atoms. The average molecular weight is 403 g/mol. The number of carbonyl (C=O) groups excluding carboxylic acids is 1. The van der Waals surface area contributed by atoms with Crippen molar-refractivity contribution in [1.82, 2.24) is 10.3 Å². The van der Waals surface area contributed by atoms with Crippen LogP contribution in [-0.2, 0) is 11.2 Å². The molecule has 148 valence electrons. The summed E-state index contributed by atoms with van der Waals surface area (Å²) in [5.41, 5.74) is -0.140. The third kappa shape index (κ3) is 4.79. The van der Waals surface area contributed by atoms with Gasteiger partial charge in [0, 0.05) is 30.5 Å². The summed E-state index contributed by atoms with van der Waals surface area (Å²) in [7, 11) is 0. The smallest absolute Gasteiger partial charge is 0.221 e. The Hall–Kier alpha value is -3.67. The first-order valence-electron chi connectivity index (χ1n) is 8.41. The number of nitrogens with one attached hydrogen (secondary N) is 1. The number of aromatic nitrogens is 1. The summed E-state index contributed by atoms with van der Waals surface area (Å²) >= 11 is 0. The lowest BCUT2D eigenvalue weighted by atomic mass is 10.1. The highest BCUT2D eigenvalue weighted by Crippen LogP contribution is 2.24. The van der Waals surface area contributed by atoms with Crippen molar-refractivity contribution in [2.75, 3.05) is 0 Å². The molecule has 0 aliphatic carbocycles. The van der Waals surface area contributed by atoms with E-state index in [2.05, 4.69) is 10.3 Å². The lowest BCUT2D eigenvalue weighted by Gasteiger charge is -2.12. The van der Waals surface area contributed by atoms with Crippen LogP contribution in [0.3, 0.4) is 0 Å². The minimum atomic E-state index is -1.29. The van der Waals surface area contributed by atoms with Crippen LogP contribution in [0.25, 0.3) is 11.3 Å². The third-order valence-corrected chi connectivity index (χ3v) is 4.02. The summed E-state index contributed by atoms with van der Waals surface area (Å²) in [6.07, 6.45) is 1.13. The van der Waals surface area contributed by atoms with Crippen LogP contribution in [0.1, 0.15) is 23.9 Å². The molecular formula is C20H13F4N3O2. The second-order valence-electron chi connectivity index (χ2n) is 6.04. The van der Waals surface area contributed by atoms with Crippen LogP contribution in [0, 0.1) is 34.6 Å². The van der Waals surface area contributed by atoms with E-state index in [0.29, 0.717) is 12.1 Å². The molecule has 2 aromatic carbocycles. The van der Waals surface area contributed by atoms with Crippen molar-refractivity contribution in [3.8, 4) is 17.4 Å². The zero-order chi connectivity index (χ0) is 21.0. The zero-order valence-corrected chi connectivity index (χ0v) is 14.8. The number of aryl methyl sites for hydroxylation is 1. The molecule has 1 heterocycles. The summed E-state index contributed by atoms with van der Waals surface area (Å²) in [6, 6.07) is 6.12. The van der Waals surface area contributed by atoms with Crippen LogP contribution >= 0.6 is 0 Å². The summed E-state index contributed by atoms with van der Waals surface area (Å²) in [5, 5.41) is 11.5. The SMILES string of the molecule is N#CC(NC(=O)CCc1ncc(-c2ccc(F)cc2F)o1)c1ccc(F)cc1F. The van der Waals surface area contributed by atoms with E-state index >= 15 is 0 Å². The highest BCUT2D eigenvalue weighted by molar-refractivity contribution is 5.77. The standard InChI is InChI=1S/C20H13F4N3O2/c21-11-1-3-13(15(23)7-11)17(9-25)27-19(28)5-6-20-26-10-18(29-20)14-4-2-12(22)8-16(14)24/h1-4,7-8,10,17H,5-6H2,(H,27,28). The molecule has 0 aliphatic heterocycles. The minimum absolute atomic E-state index is 0.0194. The summed E-state index contributed by atoms with van der Waals surface area (Å²) in [4.78, 5) is 16.0. The van der Waals surface area contributed by atoms with E-state index in [0.717, 1.165) is 18.2 Å². The molecule has 9 heteroatoms. The van der Waals surface area contributed by atoms with E-state index in [-0.39, 0.29) is 35.6 Å². The molecular weight excluding hydrogens is 390 g/mol. The van der Waals surface area contributed by atoms with Gasteiger partial charge < -0.3 is 9.73 Å². The van der Waals surface area contributed by atoms with Gasteiger partial charge in [0.15, 0.2) is 11.7 Å². The second kappa shape index (κ2) is 8.56. The molecule has 1 aromatic heterocycles. The van der Waals surface area contributed by atoms with Crippen LogP contribution in [-0.4, -0.2) is 10.9 Å². The van der Waals surface area contributed by atoms with Crippen molar-refractivity contribution in [3.05, 3.63) is 77.3 Å². The van der Waals surface area contributed by atoms with Gasteiger partial charge in [-0.15, -0.1) is 0 Å². The Labute approximate surface area is 162 Å². The molecule has 0 fully saturated rings. The van der Waals surface area contributed by atoms with E-state index in [1.807, 2.05) is 0 Å². The summed E-state index contributed by atoms with van der Waals surface area (Å²) in [5.74, 6) is -3.69. The number of halogens is 4. The predicted molar refractivity (Wildman–Crippen MR) is 93.0 cm³/mol. The van der Waals surface area contributed by atoms with Crippen molar-refractivity contribution in [1.29, 1.82) is 5.26 Å². The molecule has 1 atom stereocenters. The molecule has 0 aliphatic rings. The van der Waals surface area contributed by atoms with Crippen LogP contribution in [0.4, 0.5) is 17.6 Å². The van der Waals surface area contributed by atoms with E-state index in [9.17, 15) is 22.4 Å². The van der Waals surface area contributed by atoms with E-state index in [1.54, 1.807) is 6.07 Å². The first-order chi connectivity index (χ1) is 13.9. The highest BCUT2D eigenvalue weighted by Gasteiger charge is 2.19. The summed E-state index contributed by atoms with van der Waals surface area (Å²) < 4.78 is 58.9. The number of nitriles is 1. The molecule has 1 N–H and O–H groups in total. The zero-order valence-electron chi connectivity index (χ0n) is 14.8. The number of rotatable bonds is 6. The molecule has 0 saturated carbocycles. The maximum Gasteiger partial charge on any atom is 0.221 e. The summed E-state index contributed by atoms with van der Waals surface area (Å²) in [6.45, 7) is 0. The van der Waals surface area contributed by atoms with Crippen molar-refractivity contribution in [2.45, 2.75) is 18.9 Å². The molecule has 1 amide bonds. The molecule has 0 radical (unpaired) electrons. The Balaban J connectivity index is 1.62. The first-order valence-corrected chi connectivity index (χ1v) is 8.41. The molecule has 3 aromatic rings. The molecule has 0 spiro atoms. The van der Waals surface area contributed by atoms with Gasteiger partial charge in [-0.2, -0.15) is 5.26 Å². The van der Waals surface area contributed by atoms with Gasteiger partial charge in [-0.3, -0.25) is 4.79 Å². The molecule has 3 rings (SSSR count). The Kier molecular flexibility index (Phi) is 5.93. The van der Waals surface area contributed by atoms with Gasteiger partial charge in [-0.25, -0.2) is 22.5 Å². The van der Waals surface area contributed by atoms with Gasteiger partial charge in [0.2, 0.25) is 5.91 Å². The molecule has 29 heavy (non-hydrogen) atoms. The fourth-order valence-corrected chi connectivity index (χ4v) is 2.61. The Bertz CT molecular complexity index is 1090. The molecule has 1 unspecified atom stereocenters. The number of nitrogens with zero attached hydrogens (tertiary/aromatic N) is 2. The van der Waals surface area contributed by atoms with Gasteiger partial charge in [0.05, 0.1) is 17.8 Å². The fraction of sp³-hybridized carbons (Fsp3) is 0.150. The van der Waals surface area contributed by atoms with Gasteiger partial charge in [0.1, 0.15) is 29.3 Å². The van der Waals surface area contributed by atoms with E-state index < -0.39 is 35.2 Å². The Morgan fingerprint density at radius 3 is 2.45 bits per heavy atom. The van der Waals surface area contributed by atoms with Crippen LogP contribution in [0.15, 0.2) is 47.0 Å². The maximum atomic E-state index is 13.8. The molecule has 0 saturated heterocycles. The number of carbonyl (C=O) groups is 1. The first kappa shape index (κ1) is 20.1. The maximum absolute atomic E-state index is 13.8. The quantitative estimate of drug-likeness (QED) is 0.626. The Morgan fingerprint density at radius 2 is 1.79 bits per heavy atom. The van der Waals surface area contributed by atoms with E-state index in [1.165, 1.54) is 12.3 Å². The lowest BCUT2D eigenvalue weighted by molar-refractivity contribution is -0.121. The highest BCUT2D eigenvalue weighted by atomic mass is 19.1. The number of oxazole rings is 1. The van der Waals surface area contributed by atoms with Gasteiger partial charge in [-0.05, 0) is 18.2 Å². The monoisotopic (exact) mass is 403 g/mol. The van der Waals surface area contributed by atoms with Crippen LogP contribution < -0.4 is 5.32 Å². The minimum Gasteiger partial charge on any atom is -0.441 e. The van der Waals surface area contributed by atoms with Crippen molar-refractivity contribution < 1.29 is 26.8 Å². The van der Waals surface area contributed by atoms with Gasteiger partial charge in [-0.1, -0.05) is 6.07 Å². The van der Waals surface area contributed by atoms with Gasteiger partial charge >= 0.3 is 0 Å². The number of amides is 1. The van der Waals surface area contributed by atoms with Crippen molar-refractivity contribution in [2.24, 2.45) is 0 Å². The average Bonchev–Trinajstić information content (AvgIpc) is 3.13. The lowest BCUT2D eigenvalue weighted by Crippen LogP contribution is -2.28. The van der Waals surface area contributed by atoms with Crippen molar-refractivity contribution >= 4 is 5.91 Å². The number of hydrogen-bond donors (Lipinski definition) is 1. The van der Waals surface area contributed by atoms with E-state index in [4.69, 9.17) is 9.68 Å². The number of hydrogen-bond acceptors (Lipinski definition) is 4. The Morgan fingerprint density at radius 1 is 1.10 bits per heavy atom.